The lowest BCUT2D eigenvalue weighted by Gasteiger charge is -2.16. The minimum atomic E-state index is -1.14. The van der Waals surface area contributed by atoms with Crippen LogP contribution in [0.5, 0.6) is 0 Å². The third kappa shape index (κ3) is 6.72. The van der Waals surface area contributed by atoms with Gasteiger partial charge < -0.3 is 20.5 Å². The van der Waals surface area contributed by atoms with Crippen LogP contribution < -0.4 is 10.6 Å². The predicted octanol–water partition coefficient (Wildman–Crippen LogP) is 0.491. The Kier molecular flexibility index (Phi) is 7.50. The summed E-state index contributed by atoms with van der Waals surface area (Å²) in [5, 5.41) is 13.2. The van der Waals surface area contributed by atoms with Crippen molar-refractivity contribution in [2.75, 3.05) is 6.61 Å². The molecule has 0 rings (SSSR count). The zero-order valence-corrected chi connectivity index (χ0v) is 10.9. The second kappa shape index (κ2) is 8.32. The molecule has 0 spiro atoms. The average Bonchev–Trinajstić information content (AvgIpc) is 2.28. The first-order chi connectivity index (χ1) is 8.38. The Morgan fingerprint density at radius 1 is 1.17 bits per heavy atom. The quantitative estimate of drug-likeness (QED) is 0.578. The first kappa shape index (κ1) is 16.2. The molecule has 0 heterocycles. The molecule has 0 aliphatic rings. The van der Waals surface area contributed by atoms with E-state index in [0.717, 1.165) is 12.8 Å². The molecule has 0 aliphatic carbocycles. The van der Waals surface area contributed by atoms with Crippen LogP contribution in [-0.4, -0.2) is 41.8 Å². The van der Waals surface area contributed by atoms with Crippen LogP contribution >= 0.6 is 0 Å². The molecule has 0 radical (unpaired) electrons. The molecule has 2 amide bonds. The minimum absolute atomic E-state index is 0.294. The Balaban J connectivity index is 4.00. The third-order valence-electron chi connectivity index (χ3n) is 2.19. The SMILES string of the molecule is CCCCOC(=O)N[C@@H](C)C(=O)N[C@@H](C)C(=O)O. The number of amides is 2. The Bertz CT molecular complexity index is 306. The van der Waals surface area contributed by atoms with Crippen molar-refractivity contribution >= 4 is 18.0 Å². The second-order valence-corrected chi connectivity index (χ2v) is 3.92. The van der Waals surface area contributed by atoms with Crippen LogP contribution in [-0.2, 0) is 14.3 Å². The molecule has 0 unspecified atom stereocenters. The Morgan fingerprint density at radius 2 is 1.78 bits per heavy atom. The number of rotatable bonds is 7. The van der Waals surface area contributed by atoms with Crippen LogP contribution in [0.15, 0.2) is 0 Å². The van der Waals surface area contributed by atoms with Gasteiger partial charge in [0.25, 0.3) is 0 Å². The molecule has 0 fully saturated rings. The maximum absolute atomic E-state index is 11.5. The van der Waals surface area contributed by atoms with Crippen LogP contribution in [0.3, 0.4) is 0 Å². The highest BCUT2D eigenvalue weighted by molar-refractivity contribution is 5.88. The van der Waals surface area contributed by atoms with Gasteiger partial charge in [0, 0.05) is 0 Å². The van der Waals surface area contributed by atoms with E-state index in [1.165, 1.54) is 13.8 Å². The number of carbonyl (C=O) groups is 3. The van der Waals surface area contributed by atoms with E-state index in [-0.39, 0.29) is 0 Å². The monoisotopic (exact) mass is 260 g/mol. The minimum Gasteiger partial charge on any atom is -0.480 e. The normalized spacial score (nSPS) is 13.3. The van der Waals surface area contributed by atoms with E-state index in [2.05, 4.69) is 10.6 Å². The van der Waals surface area contributed by atoms with Gasteiger partial charge in [-0.1, -0.05) is 13.3 Å². The lowest BCUT2D eigenvalue weighted by atomic mass is 10.2. The van der Waals surface area contributed by atoms with Crippen molar-refractivity contribution < 1.29 is 24.2 Å². The van der Waals surface area contributed by atoms with Gasteiger partial charge in [-0.15, -0.1) is 0 Å². The topological polar surface area (TPSA) is 105 Å². The van der Waals surface area contributed by atoms with Crippen molar-refractivity contribution in [3.8, 4) is 0 Å². The molecule has 2 atom stereocenters. The number of alkyl carbamates (subject to hydrolysis) is 1. The first-order valence-electron chi connectivity index (χ1n) is 5.85. The van der Waals surface area contributed by atoms with E-state index in [9.17, 15) is 14.4 Å². The molecule has 104 valence electrons. The van der Waals surface area contributed by atoms with Crippen LogP contribution in [0.4, 0.5) is 4.79 Å². The van der Waals surface area contributed by atoms with Crippen molar-refractivity contribution in [3.63, 3.8) is 0 Å². The predicted molar refractivity (Wildman–Crippen MR) is 64.1 cm³/mol. The molecule has 7 nitrogen and oxygen atoms in total. The van der Waals surface area contributed by atoms with Crippen LogP contribution in [0.2, 0.25) is 0 Å². The summed E-state index contributed by atoms with van der Waals surface area (Å²) in [6, 6.07) is -1.85. The zero-order chi connectivity index (χ0) is 14.1. The highest BCUT2D eigenvalue weighted by Gasteiger charge is 2.20. The van der Waals surface area contributed by atoms with Crippen molar-refractivity contribution in [1.29, 1.82) is 0 Å². The lowest BCUT2D eigenvalue weighted by Crippen LogP contribution is -2.49. The number of aliphatic carboxylic acids is 1. The third-order valence-corrected chi connectivity index (χ3v) is 2.19. The van der Waals surface area contributed by atoms with E-state index in [1.54, 1.807) is 0 Å². The summed E-state index contributed by atoms with van der Waals surface area (Å²) in [6.45, 7) is 5.05. The van der Waals surface area contributed by atoms with E-state index in [4.69, 9.17) is 9.84 Å². The zero-order valence-electron chi connectivity index (χ0n) is 10.9. The van der Waals surface area contributed by atoms with Gasteiger partial charge in [0.15, 0.2) is 0 Å². The van der Waals surface area contributed by atoms with Gasteiger partial charge in [-0.25, -0.2) is 4.79 Å². The average molecular weight is 260 g/mol. The number of carboxylic acid groups (broad SMARTS) is 1. The van der Waals surface area contributed by atoms with Gasteiger partial charge in [0.05, 0.1) is 6.61 Å². The maximum atomic E-state index is 11.5. The summed E-state index contributed by atoms with van der Waals surface area (Å²) in [5.41, 5.74) is 0. The standard InChI is InChI=1S/C11H20N2O5/c1-4-5-6-18-11(17)13-7(2)9(14)12-8(3)10(15)16/h7-8H,4-6H2,1-3H3,(H,12,14)(H,13,17)(H,15,16)/t7-,8-/m0/s1. The fraction of sp³-hybridized carbons (Fsp3) is 0.727. The fourth-order valence-electron chi connectivity index (χ4n) is 0.993. The number of carboxylic acids is 1. The number of unbranched alkanes of at least 4 members (excludes halogenated alkanes) is 1. The summed E-state index contributed by atoms with van der Waals surface area (Å²) < 4.78 is 4.81. The number of carbonyl (C=O) groups excluding carboxylic acids is 2. The van der Waals surface area contributed by atoms with Gasteiger partial charge in [-0.2, -0.15) is 0 Å². The molecule has 0 bridgehead atoms. The lowest BCUT2D eigenvalue weighted by molar-refractivity contribution is -0.141. The largest absolute Gasteiger partial charge is 0.480 e. The molecule has 7 heteroatoms. The van der Waals surface area contributed by atoms with Gasteiger partial charge in [-0.05, 0) is 20.3 Å². The number of ether oxygens (including phenoxy) is 1. The molecule has 0 aromatic carbocycles. The summed E-state index contributed by atoms with van der Waals surface area (Å²) in [4.78, 5) is 33.2. The number of nitrogens with one attached hydrogen (secondary N) is 2. The van der Waals surface area contributed by atoms with E-state index < -0.39 is 30.1 Å². The second-order valence-electron chi connectivity index (χ2n) is 3.92. The van der Waals surface area contributed by atoms with E-state index >= 15 is 0 Å². The van der Waals surface area contributed by atoms with Crippen LogP contribution in [0.1, 0.15) is 33.6 Å². The van der Waals surface area contributed by atoms with Gasteiger partial charge >= 0.3 is 12.1 Å². The number of hydrogen-bond donors (Lipinski definition) is 3. The Hall–Kier alpha value is -1.79. The summed E-state index contributed by atoms with van der Waals surface area (Å²) in [6.07, 6.45) is 0.970. The Morgan fingerprint density at radius 3 is 2.28 bits per heavy atom. The summed E-state index contributed by atoms with van der Waals surface area (Å²) >= 11 is 0. The highest BCUT2D eigenvalue weighted by atomic mass is 16.5. The van der Waals surface area contributed by atoms with Crippen LogP contribution in [0, 0.1) is 0 Å². The molecular formula is C11H20N2O5. The van der Waals surface area contributed by atoms with E-state index in [0.29, 0.717) is 6.61 Å². The molecule has 0 saturated carbocycles. The fourth-order valence-corrected chi connectivity index (χ4v) is 0.993. The van der Waals surface area contributed by atoms with E-state index in [1.807, 2.05) is 6.92 Å². The summed E-state index contributed by atoms with van der Waals surface area (Å²) in [7, 11) is 0. The Labute approximate surface area is 106 Å². The molecule has 18 heavy (non-hydrogen) atoms. The molecule has 0 aliphatic heterocycles. The van der Waals surface area contributed by atoms with Gasteiger partial charge in [0.1, 0.15) is 12.1 Å². The maximum Gasteiger partial charge on any atom is 0.407 e. The van der Waals surface area contributed by atoms with Crippen LogP contribution in [0.25, 0.3) is 0 Å². The molecule has 3 N–H and O–H groups in total. The van der Waals surface area contributed by atoms with Crippen molar-refractivity contribution in [2.45, 2.75) is 45.7 Å². The highest BCUT2D eigenvalue weighted by Crippen LogP contribution is 1.91. The smallest absolute Gasteiger partial charge is 0.407 e. The molecule has 0 saturated heterocycles. The molecular weight excluding hydrogens is 240 g/mol. The first-order valence-corrected chi connectivity index (χ1v) is 5.85. The number of hydrogen-bond acceptors (Lipinski definition) is 4. The van der Waals surface area contributed by atoms with Gasteiger partial charge in [0.2, 0.25) is 5.91 Å². The van der Waals surface area contributed by atoms with Crippen molar-refractivity contribution in [2.24, 2.45) is 0 Å². The van der Waals surface area contributed by atoms with Crippen molar-refractivity contribution in [1.82, 2.24) is 10.6 Å². The summed E-state index contributed by atoms with van der Waals surface area (Å²) in [5.74, 6) is -1.71. The van der Waals surface area contributed by atoms with Crippen molar-refractivity contribution in [3.05, 3.63) is 0 Å². The van der Waals surface area contributed by atoms with Gasteiger partial charge in [-0.3, -0.25) is 9.59 Å². The molecule has 0 aromatic heterocycles. The molecule has 0 aromatic rings.